The SMILES string of the molecule is C.COC(=O)N[C@H](C(=O)N[C@@H](Cc1ccc(-c2cccnc2)cc1)[C@@H](O)CN(Cc1ccc(OC(F)(F)F)cc1)NC(=O)O[C@H]1CO[C@H]2OCC[C@H]21)C(C)(C)C. The molecule has 4 N–H and O–H groups in total. The number of nitrogens with one attached hydrogen (secondary N) is 3. The molecule has 0 unspecified atom stereocenters. The fraction of sp³-hybridized carbons (Fsp3) is 0.487. The van der Waals surface area contributed by atoms with E-state index in [0.29, 0.717) is 18.6 Å². The van der Waals surface area contributed by atoms with E-state index in [-0.39, 0.29) is 39.5 Å². The number of rotatable bonds is 14. The first-order chi connectivity index (χ1) is 26.1. The second kappa shape index (κ2) is 19.3. The number of hydrogen-bond acceptors (Lipinski definition) is 11. The van der Waals surface area contributed by atoms with Gasteiger partial charge in [-0.25, -0.2) is 14.6 Å². The molecule has 3 aromatic rings. The second-order valence-corrected chi connectivity index (χ2v) is 14.4. The Balaban J connectivity index is 0.00000696. The van der Waals surface area contributed by atoms with Crippen LogP contribution >= 0.6 is 0 Å². The summed E-state index contributed by atoms with van der Waals surface area (Å²) in [6.07, 6.45) is -4.81. The van der Waals surface area contributed by atoms with Crippen LogP contribution in [0.4, 0.5) is 22.8 Å². The first-order valence-electron chi connectivity index (χ1n) is 17.7. The number of fused-ring (bicyclic) bond motifs is 1. The lowest BCUT2D eigenvalue weighted by Gasteiger charge is -2.34. The highest BCUT2D eigenvalue weighted by Crippen LogP contribution is 2.33. The molecule has 1 aromatic heterocycles. The lowest BCUT2D eigenvalue weighted by Crippen LogP contribution is -2.59. The van der Waals surface area contributed by atoms with Gasteiger partial charge >= 0.3 is 18.5 Å². The van der Waals surface area contributed by atoms with Crippen molar-refractivity contribution in [3.05, 3.63) is 84.2 Å². The molecule has 56 heavy (non-hydrogen) atoms. The molecule has 2 aromatic carbocycles. The number of halogens is 3. The van der Waals surface area contributed by atoms with Crippen LogP contribution < -0.4 is 20.8 Å². The third-order valence-electron chi connectivity index (χ3n) is 9.20. The topological polar surface area (TPSA) is 170 Å². The van der Waals surface area contributed by atoms with Crippen molar-refractivity contribution in [2.24, 2.45) is 11.3 Å². The number of hydrazine groups is 1. The maximum Gasteiger partial charge on any atom is 0.573 e. The molecular weight excluding hydrogens is 739 g/mol. The van der Waals surface area contributed by atoms with E-state index in [4.69, 9.17) is 18.9 Å². The Hall–Kier alpha value is -4.97. The van der Waals surface area contributed by atoms with Crippen molar-refractivity contribution in [1.82, 2.24) is 26.1 Å². The first-order valence-corrected chi connectivity index (χ1v) is 17.7. The predicted octanol–water partition coefficient (Wildman–Crippen LogP) is 5.35. The van der Waals surface area contributed by atoms with Crippen LogP contribution in [0.15, 0.2) is 73.1 Å². The minimum absolute atomic E-state index is 0. The molecule has 306 valence electrons. The zero-order chi connectivity index (χ0) is 39.8. The van der Waals surface area contributed by atoms with Gasteiger partial charge in [0.25, 0.3) is 0 Å². The molecule has 0 aliphatic carbocycles. The van der Waals surface area contributed by atoms with E-state index < -0.39 is 66.2 Å². The van der Waals surface area contributed by atoms with Gasteiger partial charge in [-0.05, 0) is 58.7 Å². The van der Waals surface area contributed by atoms with E-state index in [1.165, 1.54) is 24.3 Å². The third kappa shape index (κ3) is 12.5. The number of nitrogens with zero attached hydrogens (tertiary/aromatic N) is 2. The van der Waals surface area contributed by atoms with E-state index in [0.717, 1.165) is 28.8 Å². The van der Waals surface area contributed by atoms with E-state index in [1.54, 1.807) is 33.2 Å². The number of pyridine rings is 1. The Morgan fingerprint density at radius 1 is 0.964 bits per heavy atom. The number of benzene rings is 2. The fourth-order valence-electron chi connectivity index (χ4n) is 6.38. The van der Waals surface area contributed by atoms with Crippen molar-refractivity contribution in [3.8, 4) is 16.9 Å². The number of aliphatic hydroxyl groups excluding tert-OH is 1. The number of hydrogen-bond donors (Lipinski definition) is 4. The standard InChI is InChI=1S/C38H46F3N5O9.CH4/c1-37(2,3)32(44-35(49)51-4)33(48)43-29(18-23-7-11-25(12-8-23)26-6-5-16-42-19-26)30(47)21-46(20-24-9-13-27(14-10-24)55-38(39,40)41)45-36(50)54-31-22-53-34-28(31)15-17-52-34;/h5-14,16,19,28-32,34,47H,15,17-18,20-22H2,1-4H3,(H,43,48)(H,44,49)(H,45,50);1H4/t28-,29-,30-,31-,32+,34+;/m0./s1. The van der Waals surface area contributed by atoms with Gasteiger partial charge in [0.05, 0.1) is 38.4 Å². The number of carbonyl (C=O) groups excluding carboxylic acids is 3. The Morgan fingerprint density at radius 3 is 2.29 bits per heavy atom. The summed E-state index contributed by atoms with van der Waals surface area (Å²) in [5.41, 5.74) is 4.88. The minimum atomic E-state index is -4.88. The molecule has 14 nitrogen and oxygen atoms in total. The van der Waals surface area contributed by atoms with Crippen molar-refractivity contribution < 1.29 is 56.3 Å². The van der Waals surface area contributed by atoms with Gasteiger partial charge in [0, 0.05) is 25.5 Å². The Morgan fingerprint density at radius 2 is 1.66 bits per heavy atom. The molecule has 0 spiro atoms. The second-order valence-electron chi connectivity index (χ2n) is 14.4. The van der Waals surface area contributed by atoms with Crippen LogP contribution in [0.25, 0.3) is 11.1 Å². The minimum Gasteiger partial charge on any atom is -0.453 e. The third-order valence-corrected chi connectivity index (χ3v) is 9.20. The van der Waals surface area contributed by atoms with Crippen LogP contribution in [0, 0.1) is 11.3 Å². The Kier molecular flexibility index (Phi) is 15.0. The molecule has 3 heterocycles. The molecule has 2 fully saturated rings. The van der Waals surface area contributed by atoms with Gasteiger partial charge in [-0.15, -0.1) is 13.2 Å². The average molecular weight is 790 g/mol. The number of methoxy groups -OCH3 is 1. The highest BCUT2D eigenvalue weighted by molar-refractivity contribution is 5.86. The van der Waals surface area contributed by atoms with E-state index in [9.17, 15) is 32.7 Å². The lowest BCUT2D eigenvalue weighted by atomic mass is 9.85. The zero-order valence-corrected chi connectivity index (χ0v) is 30.9. The normalized spacial score (nSPS) is 19.5. The largest absolute Gasteiger partial charge is 0.573 e. The molecule has 17 heteroatoms. The van der Waals surface area contributed by atoms with Crippen molar-refractivity contribution >= 4 is 18.1 Å². The molecule has 2 aliphatic rings. The average Bonchev–Trinajstić information content (AvgIpc) is 3.75. The van der Waals surface area contributed by atoms with E-state index in [1.807, 2.05) is 36.4 Å². The van der Waals surface area contributed by atoms with Crippen LogP contribution in [0.5, 0.6) is 5.75 Å². The molecule has 0 saturated carbocycles. The van der Waals surface area contributed by atoms with E-state index >= 15 is 0 Å². The van der Waals surface area contributed by atoms with Crippen molar-refractivity contribution in [2.45, 2.75) is 84.5 Å². The highest BCUT2D eigenvalue weighted by atomic mass is 19.4. The van der Waals surface area contributed by atoms with Gasteiger partial charge in [0.2, 0.25) is 5.91 Å². The first kappa shape index (κ1) is 43.8. The van der Waals surface area contributed by atoms with Gasteiger partial charge in [-0.1, -0.05) is 70.7 Å². The number of aliphatic hydroxyl groups is 1. The molecular formula is C39H50F3N5O9. The van der Waals surface area contributed by atoms with Gasteiger partial charge in [-0.3, -0.25) is 15.2 Å². The Labute approximate surface area is 324 Å². The quantitative estimate of drug-likeness (QED) is 0.156. The molecule has 0 radical (unpaired) electrons. The summed E-state index contributed by atoms with van der Waals surface area (Å²) in [7, 11) is 1.18. The number of aromatic nitrogens is 1. The Bertz CT molecular complexity index is 1730. The van der Waals surface area contributed by atoms with Crippen LogP contribution in [0.3, 0.4) is 0 Å². The van der Waals surface area contributed by atoms with Crippen LogP contribution in [0.2, 0.25) is 0 Å². The fourth-order valence-corrected chi connectivity index (χ4v) is 6.38. The number of alkyl carbamates (subject to hydrolysis) is 1. The number of carbonyl (C=O) groups is 3. The van der Waals surface area contributed by atoms with Gasteiger partial charge in [0.15, 0.2) is 6.29 Å². The van der Waals surface area contributed by atoms with Crippen molar-refractivity contribution in [1.29, 1.82) is 0 Å². The van der Waals surface area contributed by atoms with Gasteiger partial charge < -0.3 is 39.4 Å². The molecule has 6 atom stereocenters. The highest BCUT2D eigenvalue weighted by Gasteiger charge is 2.44. The summed E-state index contributed by atoms with van der Waals surface area (Å²) < 4.78 is 63.9. The van der Waals surface area contributed by atoms with Crippen molar-refractivity contribution in [2.75, 3.05) is 26.9 Å². The molecule has 5 rings (SSSR count). The van der Waals surface area contributed by atoms with Gasteiger partial charge in [0.1, 0.15) is 17.9 Å². The van der Waals surface area contributed by atoms with Gasteiger partial charge in [-0.2, -0.15) is 0 Å². The number of amides is 3. The summed E-state index contributed by atoms with van der Waals surface area (Å²) in [5, 5.41) is 18.6. The van der Waals surface area contributed by atoms with E-state index in [2.05, 4.69) is 25.8 Å². The summed E-state index contributed by atoms with van der Waals surface area (Å²) in [6.45, 7) is 5.50. The maximum atomic E-state index is 13.8. The van der Waals surface area contributed by atoms with Crippen LogP contribution in [0.1, 0.15) is 45.7 Å². The monoisotopic (exact) mass is 789 g/mol. The molecule has 3 amide bonds. The molecule has 0 bridgehead atoms. The maximum absolute atomic E-state index is 13.8. The predicted molar refractivity (Wildman–Crippen MR) is 198 cm³/mol. The number of ether oxygens (including phenoxy) is 5. The van der Waals surface area contributed by atoms with Crippen molar-refractivity contribution in [3.63, 3.8) is 0 Å². The molecule has 2 saturated heterocycles. The summed E-state index contributed by atoms with van der Waals surface area (Å²) in [6, 6.07) is 14.2. The zero-order valence-electron chi connectivity index (χ0n) is 30.9. The van der Waals surface area contributed by atoms with Crippen LogP contribution in [-0.4, -0.2) is 97.0 Å². The van der Waals surface area contributed by atoms with Crippen LogP contribution in [-0.2, 0) is 36.7 Å². The summed E-state index contributed by atoms with van der Waals surface area (Å²) in [5.74, 6) is -1.18. The lowest BCUT2D eigenvalue weighted by molar-refractivity contribution is -0.274. The molecule has 2 aliphatic heterocycles. The summed E-state index contributed by atoms with van der Waals surface area (Å²) in [4.78, 5) is 43.5. The summed E-state index contributed by atoms with van der Waals surface area (Å²) >= 11 is 0. The smallest absolute Gasteiger partial charge is 0.453 e. The number of alkyl halides is 3.